The molecule has 1 atom stereocenters. The fourth-order valence-corrected chi connectivity index (χ4v) is 4.05. The van der Waals surface area contributed by atoms with E-state index in [2.05, 4.69) is 34.6 Å². The summed E-state index contributed by atoms with van der Waals surface area (Å²) in [5, 5.41) is 5.62. The molecular formula is C23H21N3O4. The number of nitrogens with one attached hydrogen (secondary N) is 2. The molecule has 2 amide bonds. The van der Waals surface area contributed by atoms with Crippen molar-refractivity contribution in [1.82, 2.24) is 0 Å². The van der Waals surface area contributed by atoms with Gasteiger partial charge in [-0.25, -0.2) is 0 Å². The number of fused-ring (bicyclic) bond motifs is 2. The highest BCUT2D eigenvalue weighted by Gasteiger charge is 2.28. The molecule has 7 nitrogen and oxygen atoms in total. The van der Waals surface area contributed by atoms with Crippen LogP contribution in [0.2, 0.25) is 0 Å². The average molecular weight is 403 g/mol. The van der Waals surface area contributed by atoms with E-state index in [4.69, 9.17) is 9.15 Å². The second-order valence-electron chi connectivity index (χ2n) is 7.57. The first-order chi connectivity index (χ1) is 14.6. The minimum Gasteiger partial charge on any atom is -0.482 e. The van der Waals surface area contributed by atoms with E-state index in [9.17, 15) is 9.59 Å². The molecule has 1 aromatic heterocycles. The number of furan rings is 1. The van der Waals surface area contributed by atoms with Crippen molar-refractivity contribution in [3.05, 3.63) is 71.7 Å². The molecule has 1 unspecified atom stereocenters. The first-order valence-corrected chi connectivity index (χ1v) is 9.87. The van der Waals surface area contributed by atoms with Crippen LogP contribution in [0.5, 0.6) is 5.75 Å². The van der Waals surface area contributed by atoms with Gasteiger partial charge in [-0.05, 0) is 49.2 Å². The fraction of sp³-hybridized carbons (Fsp3) is 0.217. The molecule has 0 radical (unpaired) electrons. The van der Waals surface area contributed by atoms with Gasteiger partial charge in [0.05, 0.1) is 24.1 Å². The minimum absolute atomic E-state index is 0.00482. The van der Waals surface area contributed by atoms with E-state index < -0.39 is 0 Å². The third-order valence-electron chi connectivity index (χ3n) is 5.52. The van der Waals surface area contributed by atoms with Crippen molar-refractivity contribution in [2.75, 3.05) is 22.1 Å². The summed E-state index contributed by atoms with van der Waals surface area (Å²) in [5.41, 5.74) is 4.08. The van der Waals surface area contributed by atoms with Gasteiger partial charge in [-0.15, -0.1) is 0 Å². The van der Waals surface area contributed by atoms with E-state index in [0.29, 0.717) is 41.0 Å². The normalized spacial score (nSPS) is 17.0. The summed E-state index contributed by atoms with van der Waals surface area (Å²) in [6.07, 6.45) is 2.51. The topological polar surface area (TPSA) is 83.8 Å². The first-order valence-electron chi connectivity index (χ1n) is 9.87. The molecule has 0 bridgehead atoms. The number of ether oxygens (including phenoxy) is 1. The van der Waals surface area contributed by atoms with E-state index in [1.54, 1.807) is 24.3 Å². The van der Waals surface area contributed by atoms with Gasteiger partial charge in [0.2, 0.25) is 0 Å². The molecule has 2 N–H and O–H groups in total. The Morgan fingerprint density at radius 2 is 2.10 bits per heavy atom. The average Bonchev–Trinajstić information content (AvgIpc) is 3.32. The lowest BCUT2D eigenvalue weighted by atomic mass is 10.1. The van der Waals surface area contributed by atoms with Crippen LogP contribution in [0.15, 0.2) is 59.2 Å². The predicted octanol–water partition coefficient (Wildman–Crippen LogP) is 3.81. The highest BCUT2D eigenvalue weighted by atomic mass is 16.5. The summed E-state index contributed by atoms with van der Waals surface area (Å²) < 4.78 is 11.0. The minimum atomic E-state index is -0.262. The predicted molar refractivity (Wildman–Crippen MR) is 113 cm³/mol. The van der Waals surface area contributed by atoms with Gasteiger partial charge < -0.3 is 24.7 Å². The molecule has 3 heterocycles. The Morgan fingerprint density at radius 1 is 1.23 bits per heavy atom. The molecule has 5 rings (SSSR count). The molecule has 0 aliphatic carbocycles. The van der Waals surface area contributed by atoms with Crippen molar-refractivity contribution in [3.63, 3.8) is 0 Å². The number of nitrogens with zero attached hydrogens (tertiary/aromatic N) is 1. The van der Waals surface area contributed by atoms with Gasteiger partial charge in [0.15, 0.2) is 6.61 Å². The molecule has 2 aromatic carbocycles. The van der Waals surface area contributed by atoms with Gasteiger partial charge in [0.25, 0.3) is 11.8 Å². The monoisotopic (exact) mass is 403 g/mol. The molecule has 0 saturated carbocycles. The molecule has 3 aromatic rings. The quantitative estimate of drug-likeness (QED) is 0.692. The van der Waals surface area contributed by atoms with Crippen LogP contribution in [0.4, 0.5) is 17.1 Å². The Balaban J connectivity index is 1.34. The molecule has 30 heavy (non-hydrogen) atoms. The zero-order chi connectivity index (χ0) is 20.7. The van der Waals surface area contributed by atoms with Gasteiger partial charge in [-0.1, -0.05) is 18.2 Å². The molecule has 0 saturated heterocycles. The Hall–Kier alpha value is -3.74. The van der Waals surface area contributed by atoms with Crippen molar-refractivity contribution < 1.29 is 18.7 Å². The first kappa shape index (κ1) is 18.3. The third kappa shape index (κ3) is 3.28. The van der Waals surface area contributed by atoms with E-state index >= 15 is 0 Å². The number of amides is 2. The molecule has 152 valence electrons. The molecule has 2 aliphatic heterocycles. The summed E-state index contributed by atoms with van der Waals surface area (Å²) >= 11 is 0. The summed E-state index contributed by atoms with van der Waals surface area (Å²) in [6.45, 7) is 2.68. The van der Waals surface area contributed by atoms with Crippen LogP contribution < -0.4 is 20.3 Å². The number of carbonyl (C=O) groups excluding carboxylic acids is 2. The Kier molecular flexibility index (Phi) is 4.43. The number of benzene rings is 2. The van der Waals surface area contributed by atoms with E-state index in [0.717, 1.165) is 6.42 Å². The maximum absolute atomic E-state index is 12.9. The van der Waals surface area contributed by atoms with Gasteiger partial charge >= 0.3 is 0 Å². The maximum atomic E-state index is 12.9. The molecular weight excluding hydrogens is 382 g/mol. The zero-order valence-electron chi connectivity index (χ0n) is 16.5. The van der Waals surface area contributed by atoms with Crippen molar-refractivity contribution in [2.24, 2.45) is 0 Å². The molecule has 0 spiro atoms. The lowest BCUT2D eigenvalue weighted by Crippen LogP contribution is -2.29. The lowest BCUT2D eigenvalue weighted by Gasteiger charge is -2.24. The standard InChI is InChI=1S/C23H21N3O4/c1-14-10-15-4-2-3-5-19(15)26(14)12-21-17(8-9-29-21)23(28)24-16-6-7-20-18(11-16)25-22(27)13-30-20/h2-9,11,14H,10,12-13H2,1H3,(H,24,28)(H,25,27). The second kappa shape index (κ2) is 7.26. The van der Waals surface area contributed by atoms with Crippen LogP contribution in [0, 0.1) is 0 Å². The molecule has 2 aliphatic rings. The van der Waals surface area contributed by atoms with Crippen LogP contribution in [-0.4, -0.2) is 24.5 Å². The van der Waals surface area contributed by atoms with Gasteiger partial charge in [-0.2, -0.15) is 0 Å². The zero-order valence-corrected chi connectivity index (χ0v) is 16.5. The number of anilines is 3. The second-order valence-corrected chi connectivity index (χ2v) is 7.57. The summed E-state index contributed by atoms with van der Waals surface area (Å²) in [7, 11) is 0. The Bertz CT molecular complexity index is 1140. The van der Waals surface area contributed by atoms with Crippen LogP contribution in [0.25, 0.3) is 0 Å². The highest BCUT2D eigenvalue weighted by molar-refractivity contribution is 6.05. The van der Waals surface area contributed by atoms with Crippen LogP contribution in [0.1, 0.15) is 28.6 Å². The van der Waals surface area contributed by atoms with Crippen molar-refractivity contribution >= 4 is 28.9 Å². The lowest BCUT2D eigenvalue weighted by molar-refractivity contribution is -0.118. The molecule has 0 fully saturated rings. The summed E-state index contributed by atoms with van der Waals surface area (Å²) in [4.78, 5) is 26.7. The number of rotatable bonds is 4. The maximum Gasteiger partial charge on any atom is 0.262 e. The SMILES string of the molecule is CC1Cc2ccccc2N1Cc1occc1C(=O)Nc1ccc2c(c1)NC(=O)CO2. The third-order valence-corrected chi connectivity index (χ3v) is 5.52. The van der Waals surface area contributed by atoms with Crippen LogP contribution in [0.3, 0.4) is 0 Å². The smallest absolute Gasteiger partial charge is 0.262 e. The van der Waals surface area contributed by atoms with E-state index in [-0.39, 0.29) is 18.4 Å². The summed E-state index contributed by atoms with van der Waals surface area (Å²) in [6, 6.07) is 15.5. The fourth-order valence-electron chi connectivity index (χ4n) is 4.05. The highest BCUT2D eigenvalue weighted by Crippen LogP contribution is 2.34. The van der Waals surface area contributed by atoms with Crippen LogP contribution >= 0.6 is 0 Å². The van der Waals surface area contributed by atoms with E-state index in [1.165, 1.54) is 17.5 Å². The van der Waals surface area contributed by atoms with Gasteiger partial charge in [0.1, 0.15) is 11.5 Å². The number of hydrogen-bond acceptors (Lipinski definition) is 5. The van der Waals surface area contributed by atoms with Gasteiger partial charge in [-0.3, -0.25) is 9.59 Å². The number of hydrogen-bond donors (Lipinski definition) is 2. The van der Waals surface area contributed by atoms with Crippen molar-refractivity contribution in [1.29, 1.82) is 0 Å². The molecule has 7 heteroatoms. The van der Waals surface area contributed by atoms with E-state index in [1.807, 2.05) is 12.1 Å². The largest absolute Gasteiger partial charge is 0.482 e. The Morgan fingerprint density at radius 3 is 3.00 bits per heavy atom. The Labute approximate surface area is 173 Å². The number of para-hydroxylation sites is 1. The van der Waals surface area contributed by atoms with Gasteiger partial charge in [0, 0.05) is 17.4 Å². The van der Waals surface area contributed by atoms with Crippen molar-refractivity contribution in [3.8, 4) is 5.75 Å². The van der Waals surface area contributed by atoms with Crippen molar-refractivity contribution in [2.45, 2.75) is 25.9 Å². The van der Waals surface area contributed by atoms with Crippen LogP contribution in [-0.2, 0) is 17.8 Å². The summed E-state index contributed by atoms with van der Waals surface area (Å²) in [5.74, 6) is 0.717. The number of carbonyl (C=O) groups is 2.